The van der Waals surface area contributed by atoms with Crippen LogP contribution in [-0.4, -0.2) is 4.98 Å². The molecule has 0 aliphatic carbocycles. The first kappa shape index (κ1) is 11.0. The molecule has 0 fully saturated rings. The molecule has 1 heterocycles. The molecular weight excluding hydrogens is 222 g/mol. The molecule has 16 heavy (non-hydrogen) atoms. The molecule has 0 amide bonds. The maximum atomic E-state index is 5.81. The van der Waals surface area contributed by atoms with Gasteiger partial charge in [0.05, 0.1) is 0 Å². The van der Waals surface area contributed by atoms with Gasteiger partial charge in [0.15, 0.2) is 0 Å². The molecule has 0 radical (unpaired) electrons. The molecule has 0 spiro atoms. The molecule has 0 atom stereocenters. The highest BCUT2D eigenvalue weighted by Gasteiger charge is 2.01. The SMILES string of the molecule is Cc1cnc(Cl)cc1OCc1ccccc1. The second-order valence-electron chi connectivity index (χ2n) is 3.55. The average molecular weight is 234 g/mol. The van der Waals surface area contributed by atoms with E-state index in [0.717, 1.165) is 16.9 Å². The van der Waals surface area contributed by atoms with Crippen LogP contribution < -0.4 is 4.74 Å². The zero-order valence-electron chi connectivity index (χ0n) is 8.98. The Morgan fingerprint density at radius 1 is 1.25 bits per heavy atom. The van der Waals surface area contributed by atoms with E-state index >= 15 is 0 Å². The zero-order valence-corrected chi connectivity index (χ0v) is 9.74. The van der Waals surface area contributed by atoms with Gasteiger partial charge in [-0.2, -0.15) is 0 Å². The second-order valence-corrected chi connectivity index (χ2v) is 3.93. The summed E-state index contributed by atoms with van der Waals surface area (Å²) in [6, 6.07) is 11.8. The van der Waals surface area contributed by atoms with Crippen LogP contribution in [0.1, 0.15) is 11.1 Å². The molecule has 1 aromatic heterocycles. The van der Waals surface area contributed by atoms with Gasteiger partial charge in [-0.3, -0.25) is 0 Å². The first-order chi connectivity index (χ1) is 7.75. The van der Waals surface area contributed by atoms with Crippen molar-refractivity contribution in [1.29, 1.82) is 0 Å². The second kappa shape index (κ2) is 4.99. The highest BCUT2D eigenvalue weighted by molar-refractivity contribution is 6.29. The number of aromatic nitrogens is 1. The standard InChI is InChI=1S/C13H12ClNO/c1-10-8-15-13(14)7-12(10)16-9-11-5-3-2-4-6-11/h2-8H,9H2,1H3. The van der Waals surface area contributed by atoms with Gasteiger partial charge in [-0.25, -0.2) is 4.98 Å². The van der Waals surface area contributed by atoms with Gasteiger partial charge in [0.1, 0.15) is 17.5 Å². The molecule has 2 rings (SSSR count). The zero-order chi connectivity index (χ0) is 11.4. The number of halogens is 1. The lowest BCUT2D eigenvalue weighted by molar-refractivity contribution is 0.304. The van der Waals surface area contributed by atoms with Crippen LogP contribution in [-0.2, 0) is 6.61 Å². The van der Waals surface area contributed by atoms with Crippen LogP contribution in [0.2, 0.25) is 5.15 Å². The van der Waals surface area contributed by atoms with Crippen LogP contribution in [0.25, 0.3) is 0 Å². The van der Waals surface area contributed by atoms with Crippen molar-refractivity contribution in [3.8, 4) is 5.75 Å². The summed E-state index contributed by atoms with van der Waals surface area (Å²) >= 11 is 5.81. The molecule has 0 N–H and O–H groups in total. The monoisotopic (exact) mass is 233 g/mol. The fourth-order valence-corrected chi connectivity index (χ4v) is 1.52. The van der Waals surface area contributed by atoms with Crippen LogP contribution in [0.15, 0.2) is 42.6 Å². The van der Waals surface area contributed by atoms with Gasteiger partial charge in [0.25, 0.3) is 0 Å². The van der Waals surface area contributed by atoms with E-state index in [4.69, 9.17) is 16.3 Å². The lowest BCUT2D eigenvalue weighted by atomic mass is 10.2. The van der Waals surface area contributed by atoms with E-state index in [0.29, 0.717) is 11.8 Å². The largest absolute Gasteiger partial charge is 0.488 e. The number of hydrogen-bond acceptors (Lipinski definition) is 2. The average Bonchev–Trinajstić information content (AvgIpc) is 2.32. The minimum absolute atomic E-state index is 0.452. The molecule has 2 nitrogen and oxygen atoms in total. The molecule has 2 aromatic rings. The number of ether oxygens (including phenoxy) is 1. The van der Waals surface area contributed by atoms with Crippen molar-refractivity contribution in [1.82, 2.24) is 4.98 Å². The van der Waals surface area contributed by atoms with Gasteiger partial charge in [-0.15, -0.1) is 0 Å². The lowest BCUT2D eigenvalue weighted by Gasteiger charge is -2.08. The van der Waals surface area contributed by atoms with Crippen molar-refractivity contribution in [2.45, 2.75) is 13.5 Å². The summed E-state index contributed by atoms with van der Waals surface area (Å²) < 4.78 is 5.68. The Kier molecular flexibility index (Phi) is 3.42. The fourth-order valence-electron chi connectivity index (χ4n) is 1.37. The molecule has 0 saturated carbocycles. The quantitative estimate of drug-likeness (QED) is 0.756. The highest BCUT2D eigenvalue weighted by Crippen LogP contribution is 2.21. The summed E-state index contributed by atoms with van der Waals surface area (Å²) in [4.78, 5) is 3.98. The molecular formula is C13H12ClNO. The Morgan fingerprint density at radius 2 is 2.00 bits per heavy atom. The summed E-state index contributed by atoms with van der Waals surface area (Å²) in [6.07, 6.45) is 1.71. The third-order valence-corrected chi connectivity index (χ3v) is 2.46. The van der Waals surface area contributed by atoms with Crippen molar-refractivity contribution in [3.05, 3.63) is 58.9 Å². The van der Waals surface area contributed by atoms with Gasteiger partial charge in [-0.1, -0.05) is 41.9 Å². The molecule has 0 unspecified atom stereocenters. The molecule has 0 saturated heterocycles. The topological polar surface area (TPSA) is 22.1 Å². The van der Waals surface area contributed by atoms with Crippen molar-refractivity contribution >= 4 is 11.6 Å². The minimum Gasteiger partial charge on any atom is -0.488 e. The molecule has 0 aliphatic rings. The van der Waals surface area contributed by atoms with E-state index in [-0.39, 0.29) is 0 Å². The van der Waals surface area contributed by atoms with E-state index in [2.05, 4.69) is 4.98 Å². The van der Waals surface area contributed by atoms with Crippen LogP contribution in [0, 0.1) is 6.92 Å². The summed E-state index contributed by atoms with van der Waals surface area (Å²) in [6.45, 7) is 2.49. The van der Waals surface area contributed by atoms with Gasteiger partial charge in [0, 0.05) is 17.8 Å². The normalized spacial score (nSPS) is 10.1. The number of aryl methyl sites for hydroxylation is 1. The van der Waals surface area contributed by atoms with Gasteiger partial charge >= 0.3 is 0 Å². The third-order valence-electron chi connectivity index (χ3n) is 2.26. The molecule has 82 valence electrons. The number of rotatable bonds is 3. The van der Waals surface area contributed by atoms with Crippen molar-refractivity contribution in [2.24, 2.45) is 0 Å². The van der Waals surface area contributed by atoms with Crippen LogP contribution in [0.4, 0.5) is 0 Å². The van der Waals surface area contributed by atoms with E-state index in [1.807, 2.05) is 37.3 Å². The van der Waals surface area contributed by atoms with Gasteiger partial charge in [0.2, 0.25) is 0 Å². The van der Waals surface area contributed by atoms with E-state index in [1.165, 1.54) is 0 Å². The maximum absolute atomic E-state index is 5.81. The van der Waals surface area contributed by atoms with E-state index in [9.17, 15) is 0 Å². The van der Waals surface area contributed by atoms with Crippen LogP contribution in [0.3, 0.4) is 0 Å². The van der Waals surface area contributed by atoms with Crippen LogP contribution >= 0.6 is 11.6 Å². The Hall–Kier alpha value is -1.54. The summed E-state index contributed by atoms with van der Waals surface area (Å²) in [5.74, 6) is 0.781. The van der Waals surface area contributed by atoms with Gasteiger partial charge < -0.3 is 4.74 Å². The minimum atomic E-state index is 0.452. The third kappa shape index (κ3) is 2.74. The summed E-state index contributed by atoms with van der Waals surface area (Å²) in [5.41, 5.74) is 2.12. The number of pyridine rings is 1. The molecule has 1 aromatic carbocycles. The lowest BCUT2D eigenvalue weighted by Crippen LogP contribution is -1.97. The van der Waals surface area contributed by atoms with E-state index in [1.54, 1.807) is 12.3 Å². The van der Waals surface area contributed by atoms with E-state index < -0.39 is 0 Å². The number of benzene rings is 1. The summed E-state index contributed by atoms with van der Waals surface area (Å²) in [5, 5.41) is 0.452. The summed E-state index contributed by atoms with van der Waals surface area (Å²) in [7, 11) is 0. The first-order valence-corrected chi connectivity index (χ1v) is 5.42. The Balaban J connectivity index is 2.08. The highest BCUT2D eigenvalue weighted by atomic mass is 35.5. The predicted molar refractivity (Wildman–Crippen MR) is 64.8 cm³/mol. The first-order valence-electron chi connectivity index (χ1n) is 5.04. The molecule has 0 bridgehead atoms. The Labute approximate surface area is 99.9 Å². The van der Waals surface area contributed by atoms with Crippen molar-refractivity contribution in [2.75, 3.05) is 0 Å². The molecule has 3 heteroatoms. The van der Waals surface area contributed by atoms with Crippen molar-refractivity contribution < 1.29 is 4.74 Å². The maximum Gasteiger partial charge on any atom is 0.132 e. The Bertz CT molecular complexity index is 471. The van der Waals surface area contributed by atoms with Crippen LogP contribution in [0.5, 0.6) is 5.75 Å². The fraction of sp³-hybridized carbons (Fsp3) is 0.154. The number of nitrogens with zero attached hydrogens (tertiary/aromatic N) is 1. The number of hydrogen-bond donors (Lipinski definition) is 0. The Morgan fingerprint density at radius 3 is 2.75 bits per heavy atom. The van der Waals surface area contributed by atoms with Gasteiger partial charge in [-0.05, 0) is 12.5 Å². The van der Waals surface area contributed by atoms with Crippen molar-refractivity contribution in [3.63, 3.8) is 0 Å². The smallest absolute Gasteiger partial charge is 0.132 e. The molecule has 0 aliphatic heterocycles. The predicted octanol–water partition coefficient (Wildman–Crippen LogP) is 3.62.